The number of ether oxygens (including phenoxy) is 2. The van der Waals surface area contributed by atoms with Crippen molar-refractivity contribution < 1.29 is 9.47 Å². The third kappa shape index (κ3) is 4.02. The van der Waals surface area contributed by atoms with Crippen molar-refractivity contribution in [3.05, 3.63) is 34.3 Å². The van der Waals surface area contributed by atoms with E-state index in [1.807, 2.05) is 12.1 Å². The lowest BCUT2D eigenvalue weighted by Crippen LogP contribution is -2.27. The summed E-state index contributed by atoms with van der Waals surface area (Å²) >= 11 is 3.44. The highest BCUT2D eigenvalue weighted by Gasteiger charge is 2.32. The van der Waals surface area contributed by atoms with Crippen molar-refractivity contribution in [3.8, 4) is 0 Å². The summed E-state index contributed by atoms with van der Waals surface area (Å²) in [6, 6.07) is 8.30. The molecule has 0 spiro atoms. The van der Waals surface area contributed by atoms with Crippen LogP contribution in [0.25, 0.3) is 0 Å². The summed E-state index contributed by atoms with van der Waals surface area (Å²) in [4.78, 5) is 2.36. The number of likely N-dealkylation sites (tertiary alicyclic amines) is 1. The van der Waals surface area contributed by atoms with Crippen LogP contribution in [0.3, 0.4) is 0 Å². The Labute approximate surface area is 129 Å². The zero-order valence-electron chi connectivity index (χ0n) is 12.1. The highest BCUT2D eigenvalue weighted by atomic mass is 79.9. The van der Waals surface area contributed by atoms with Gasteiger partial charge in [-0.1, -0.05) is 28.1 Å². The van der Waals surface area contributed by atoms with Crippen LogP contribution in [0, 0.1) is 0 Å². The van der Waals surface area contributed by atoms with Crippen LogP contribution >= 0.6 is 15.9 Å². The van der Waals surface area contributed by atoms with Gasteiger partial charge in [0, 0.05) is 44.4 Å². The Kier molecular flexibility index (Phi) is 5.99. The van der Waals surface area contributed by atoms with Gasteiger partial charge in [0.15, 0.2) is 0 Å². The Morgan fingerprint density at radius 1 is 1.20 bits per heavy atom. The van der Waals surface area contributed by atoms with Gasteiger partial charge in [-0.2, -0.15) is 0 Å². The number of nitrogens with two attached hydrogens (primary N) is 1. The first-order chi connectivity index (χ1) is 9.63. The molecule has 1 aliphatic heterocycles. The van der Waals surface area contributed by atoms with E-state index in [2.05, 4.69) is 33.0 Å². The molecule has 0 amide bonds. The Morgan fingerprint density at radius 2 is 1.75 bits per heavy atom. The van der Waals surface area contributed by atoms with Crippen molar-refractivity contribution in [2.45, 2.75) is 24.7 Å². The highest BCUT2D eigenvalue weighted by molar-refractivity contribution is 9.10. The van der Waals surface area contributed by atoms with Crippen molar-refractivity contribution in [1.82, 2.24) is 4.90 Å². The molecule has 0 aliphatic carbocycles. The maximum atomic E-state index is 6.25. The molecular formula is C15H23BrN2O2. The SMILES string of the molecule is COC1CN(CCC(N)c2ccc(Br)cc2)CC1OC. The zero-order valence-corrected chi connectivity index (χ0v) is 13.7. The summed E-state index contributed by atoms with van der Waals surface area (Å²) in [5, 5.41) is 0. The van der Waals surface area contributed by atoms with Crippen LogP contribution in [0.15, 0.2) is 28.7 Å². The lowest BCUT2D eigenvalue weighted by Gasteiger charge is -2.18. The molecule has 0 aromatic heterocycles. The standard InChI is InChI=1S/C15H23BrN2O2/c1-19-14-9-18(10-15(14)20-2)8-7-13(17)11-3-5-12(16)6-4-11/h3-6,13-15H,7-10,17H2,1-2H3. The van der Waals surface area contributed by atoms with E-state index in [4.69, 9.17) is 15.2 Å². The van der Waals surface area contributed by atoms with Crippen LogP contribution in [0.1, 0.15) is 18.0 Å². The minimum Gasteiger partial charge on any atom is -0.377 e. The topological polar surface area (TPSA) is 47.7 Å². The Balaban J connectivity index is 1.82. The summed E-state index contributed by atoms with van der Waals surface area (Å²) in [6.07, 6.45) is 1.28. The fourth-order valence-electron chi connectivity index (χ4n) is 2.65. The molecule has 1 aromatic rings. The molecular weight excluding hydrogens is 320 g/mol. The van der Waals surface area contributed by atoms with E-state index in [0.717, 1.165) is 30.5 Å². The summed E-state index contributed by atoms with van der Waals surface area (Å²) in [5.74, 6) is 0. The summed E-state index contributed by atoms with van der Waals surface area (Å²) in [7, 11) is 3.49. The molecule has 3 unspecified atom stereocenters. The Morgan fingerprint density at radius 3 is 2.25 bits per heavy atom. The summed E-state index contributed by atoms with van der Waals surface area (Å²) in [5.41, 5.74) is 7.43. The van der Waals surface area contributed by atoms with E-state index in [0.29, 0.717) is 0 Å². The number of rotatable bonds is 6. The molecule has 20 heavy (non-hydrogen) atoms. The fraction of sp³-hybridized carbons (Fsp3) is 0.600. The quantitative estimate of drug-likeness (QED) is 0.860. The molecule has 112 valence electrons. The summed E-state index contributed by atoms with van der Waals surface area (Å²) in [6.45, 7) is 2.81. The van der Waals surface area contributed by atoms with Crippen LogP contribution in [-0.4, -0.2) is 51.0 Å². The van der Waals surface area contributed by atoms with Gasteiger partial charge in [0.1, 0.15) is 0 Å². The van der Waals surface area contributed by atoms with Crippen LogP contribution in [0.5, 0.6) is 0 Å². The van der Waals surface area contributed by atoms with Gasteiger partial charge < -0.3 is 15.2 Å². The van der Waals surface area contributed by atoms with Gasteiger partial charge in [0.25, 0.3) is 0 Å². The normalized spacial score (nSPS) is 25.0. The van der Waals surface area contributed by atoms with E-state index in [1.165, 1.54) is 5.56 Å². The molecule has 4 nitrogen and oxygen atoms in total. The fourth-order valence-corrected chi connectivity index (χ4v) is 2.92. The number of halogens is 1. The summed E-state index contributed by atoms with van der Waals surface area (Å²) < 4.78 is 12.0. The first-order valence-corrected chi connectivity index (χ1v) is 7.72. The average Bonchev–Trinajstić information content (AvgIpc) is 2.88. The lowest BCUT2D eigenvalue weighted by atomic mass is 10.0. The number of benzene rings is 1. The zero-order chi connectivity index (χ0) is 14.5. The third-order valence-electron chi connectivity index (χ3n) is 3.95. The molecule has 2 rings (SSSR count). The maximum absolute atomic E-state index is 6.25. The van der Waals surface area contributed by atoms with E-state index in [-0.39, 0.29) is 18.2 Å². The van der Waals surface area contributed by atoms with Gasteiger partial charge in [-0.3, -0.25) is 4.90 Å². The molecule has 5 heteroatoms. The molecule has 1 aliphatic rings. The van der Waals surface area contributed by atoms with E-state index in [9.17, 15) is 0 Å². The van der Waals surface area contributed by atoms with E-state index < -0.39 is 0 Å². The molecule has 3 atom stereocenters. The molecule has 1 heterocycles. The van der Waals surface area contributed by atoms with Crippen molar-refractivity contribution in [3.63, 3.8) is 0 Å². The minimum atomic E-state index is 0.0747. The van der Waals surface area contributed by atoms with Gasteiger partial charge in [0.2, 0.25) is 0 Å². The molecule has 0 saturated carbocycles. The number of methoxy groups -OCH3 is 2. The minimum absolute atomic E-state index is 0.0747. The van der Waals surface area contributed by atoms with Gasteiger partial charge in [-0.15, -0.1) is 0 Å². The second-order valence-electron chi connectivity index (χ2n) is 5.25. The van der Waals surface area contributed by atoms with Crippen molar-refractivity contribution in [2.24, 2.45) is 5.73 Å². The molecule has 1 aromatic carbocycles. The Bertz CT molecular complexity index is 401. The Hall–Kier alpha value is -0.460. The number of hydrogen-bond acceptors (Lipinski definition) is 4. The highest BCUT2D eigenvalue weighted by Crippen LogP contribution is 2.20. The van der Waals surface area contributed by atoms with E-state index >= 15 is 0 Å². The first-order valence-electron chi connectivity index (χ1n) is 6.93. The van der Waals surface area contributed by atoms with E-state index in [1.54, 1.807) is 14.2 Å². The van der Waals surface area contributed by atoms with Gasteiger partial charge in [-0.05, 0) is 24.1 Å². The maximum Gasteiger partial charge on any atom is 0.0971 e. The predicted octanol–water partition coefficient (Wildman–Crippen LogP) is 2.18. The smallest absolute Gasteiger partial charge is 0.0971 e. The second kappa shape index (κ2) is 7.52. The van der Waals surface area contributed by atoms with Gasteiger partial charge in [0.05, 0.1) is 12.2 Å². The van der Waals surface area contributed by atoms with Crippen LogP contribution in [-0.2, 0) is 9.47 Å². The van der Waals surface area contributed by atoms with Crippen molar-refractivity contribution >= 4 is 15.9 Å². The number of nitrogens with zero attached hydrogens (tertiary/aromatic N) is 1. The monoisotopic (exact) mass is 342 g/mol. The van der Waals surface area contributed by atoms with Crippen molar-refractivity contribution in [2.75, 3.05) is 33.9 Å². The predicted molar refractivity (Wildman–Crippen MR) is 83.7 cm³/mol. The molecule has 0 radical (unpaired) electrons. The van der Waals surface area contributed by atoms with Crippen LogP contribution in [0.2, 0.25) is 0 Å². The van der Waals surface area contributed by atoms with Crippen LogP contribution < -0.4 is 5.73 Å². The third-order valence-corrected chi connectivity index (χ3v) is 4.48. The molecule has 1 fully saturated rings. The molecule has 2 N–H and O–H groups in total. The molecule has 1 saturated heterocycles. The average molecular weight is 343 g/mol. The van der Waals surface area contributed by atoms with Gasteiger partial charge >= 0.3 is 0 Å². The molecule has 0 bridgehead atoms. The van der Waals surface area contributed by atoms with Gasteiger partial charge in [-0.25, -0.2) is 0 Å². The first kappa shape index (κ1) is 15.9. The largest absolute Gasteiger partial charge is 0.377 e. The number of hydrogen-bond donors (Lipinski definition) is 1. The lowest BCUT2D eigenvalue weighted by molar-refractivity contribution is -0.00461. The van der Waals surface area contributed by atoms with Crippen LogP contribution in [0.4, 0.5) is 0 Å². The van der Waals surface area contributed by atoms with Crippen molar-refractivity contribution in [1.29, 1.82) is 0 Å². The second-order valence-corrected chi connectivity index (χ2v) is 6.17.